The first-order valence-corrected chi connectivity index (χ1v) is 6.86. The summed E-state index contributed by atoms with van der Waals surface area (Å²) in [7, 11) is 2.19. The van der Waals surface area contributed by atoms with Gasteiger partial charge in [0.25, 0.3) is 0 Å². The van der Waals surface area contributed by atoms with Crippen LogP contribution in [0.15, 0.2) is 6.20 Å². The molecule has 2 heterocycles. The summed E-state index contributed by atoms with van der Waals surface area (Å²) in [6, 6.07) is 0. The molecule has 16 heavy (non-hydrogen) atoms. The lowest BCUT2D eigenvalue weighted by atomic mass is 9.98. The number of hydrogen-bond donors (Lipinski definition) is 1. The maximum atomic E-state index is 5.68. The number of likely N-dealkylation sites (tertiary alicyclic amines) is 1. The van der Waals surface area contributed by atoms with Gasteiger partial charge < -0.3 is 10.6 Å². The molecule has 0 radical (unpaired) electrons. The van der Waals surface area contributed by atoms with Crippen LogP contribution in [0.5, 0.6) is 0 Å². The van der Waals surface area contributed by atoms with E-state index in [1.807, 2.05) is 17.5 Å². The van der Waals surface area contributed by atoms with Crippen molar-refractivity contribution in [2.75, 3.05) is 26.7 Å². The van der Waals surface area contributed by atoms with Crippen molar-refractivity contribution < 1.29 is 0 Å². The van der Waals surface area contributed by atoms with E-state index < -0.39 is 0 Å². The van der Waals surface area contributed by atoms with Crippen molar-refractivity contribution in [2.24, 2.45) is 5.73 Å². The minimum absolute atomic E-state index is 0.456. The van der Waals surface area contributed by atoms with Crippen molar-refractivity contribution in [3.63, 3.8) is 0 Å². The number of aromatic nitrogens is 1. The van der Waals surface area contributed by atoms with Gasteiger partial charge in [0.15, 0.2) is 0 Å². The maximum Gasteiger partial charge on any atom is 0.0959 e. The summed E-state index contributed by atoms with van der Waals surface area (Å²) in [5, 5.41) is 1.32. The molecular weight excluding hydrogens is 218 g/mol. The van der Waals surface area contributed by atoms with Crippen LogP contribution in [-0.4, -0.2) is 36.6 Å². The molecule has 0 bridgehead atoms. The summed E-state index contributed by atoms with van der Waals surface area (Å²) in [5.74, 6) is 1.14. The van der Waals surface area contributed by atoms with E-state index in [1.54, 1.807) is 0 Å². The zero-order valence-corrected chi connectivity index (χ0v) is 11.0. The summed E-state index contributed by atoms with van der Waals surface area (Å²) >= 11 is 1.86. The van der Waals surface area contributed by atoms with Gasteiger partial charge in [0, 0.05) is 22.9 Å². The zero-order chi connectivity index (χ0) is 11.5. The highest BCUT2D eigenvalue weighted by Gasteiger charge is 2.21. The molecule has 1 aliphatic rings. The van der Waals surface area contributed by atoms with Gasteiger partial charge in [-0.1, -0.05) is 6.92 Å². The van der Waals surface area contributed by atoms with E-state index in [0.717, 1.165) is 6.54 Å². The van der Waals surface area contributed by atoms with Gasteiger partial charge in [0.2, 0.25) is 0 Å². The Morgan fingerprint density at radius 3 is 2.88 bits per heavy atom. The Morgan fingerprint density at radius 1 is 1.56 bits per heavy atom. The molecule has 0 spiro atoms. The molecule has 0 saturated carbocycles. The predicted molar refractivity (Wildman–Crippen MR) is 69.1 cm³/mol. The second kappa shape index (κ2) is 5.25. The summed E-state index contributed by atoms with van der Waals surface area (Å²) in [6.45, 7) is 5.29. The molecule has 1 aliphatic heterocycles. The number of thiazole rings is 1. The topological polar surface area (TPSA) is 42.1 Å². The monoisotopic (exact) mass is 239 g/mol. The van der Waals surface area contributed by atoms with E-state index in [9.17, 15) is 0 Å². The largest absolute Gasteiger partial charge is 0.330 e. The van der Waals surface area contributed by atoms with Crippen LogP contribution >= 0.6 is 11.3 Å². The van der Waals surface area contributed by atoms with E-state index >= 15 is 0 Å². The van der Waals surface area contributed by atoms with E-state index in [-0.39, 0.29) is 0 Å². The Morgan fingerprint density at radius 2 is 2.25 bits per heavy atom. The minimum atomic E-state index is 0.456. The van der Waals surface area contributed by atoms with Gasteiger partial charge >= 0.3 is 0 Å². The van der Waals surface area contributed by atoms with Crippen LogP contribution < -0.4 is 5.73 Å². The van der Waals surface area contributed by atoms with Crippen molar-refractivity contribution in [2.45, 2.75) is 31.6 Å². The first-order chi connectivity index (χ1) is 7.70. The van der Waals surface area contributed by atoms with Crippen LogP contribution in [0, 0.1) is 0 Å². The Kier molecular flexibility index (Phi) is 3.95. The molecule has 2 rings (SSSR count). The number of rotatable bonds is 3. The number of hydrogen-bond acceptors (Lipinski definition) is 4. The van der Waals surface area contributed by atoms with Crippen LogP contribution in [-0.2, 0) is 0 Å². The SMILES string of the molecule is CC(CN)c1cnc(C2CCN(C)CC2)s1. The Hall–Kier alpha value is -0.450. The van der Waals surface area contributed by atoms with E-state index in [4.69, 9.17) is 5.73 Å². The Balaban J connectivity index is 2.01. The minimum Gasteiger partial charge on any atom is -0.330 e. The third kappa shape index (κ3) is 2.62. The summed E-state index contributed by atoms with van der Waals surface area (Å²) in [5.41, 5.74) is 5.68. The van der Waals surface area contributed by atoms with Gasteiger partial charge in [-0.2, -0.15) is 0 Å². The second-order valence-corrected chi connectivity index (χ2v) is 5.91. The van der Waals surface area contributed by atoms with E-state index in [1.165, 1.54) is 35.8 Å². The molecule has 0 amide bonds. The van der Waals surface area contributed by atoms with Gasteiger partial charge in [0.1, 0.15) is 0 Å². The average molecular weight is 239 g/mol. The molecule has 1 aromatic rings. The maximum absolute atomic E-state index is 5.68. The van der Waals surface area contributed by atoms with E-state index in [0.29, 0.717) is 11.8 Å². The van der Waals surface area contributed by atoms with Crippen LogP contribution in [0.3, 0.4) is 0 Å². The van der Waals surface area contributed by atoms with Gasteiger partial charge in [-0.05, 0) is 39.5 Å². The quantitative estimate of drug-likeness (QED) is 0.877. The molecule has 1 fully saturated rings. The molecule has 1 atom stereocenters. The second-order valence-electron chi connectivity index (χ2n) is 4.82. The summed E-state index contributed by atoms with van der Waals surface area (Å²) in [4.78, 5) is 8.32. The molecule has 90 valence electrons. The van der Waals surface area contributed by atoms with Gasteiger partial charge in [-0.25, -0.2) is 4.98 Å². The zero-order valence-electron chi connectivity index (χ0n) is 10.1. The third-order valence-electron chi connectivity index (χ3n) is 3.45. The van der Waals surface area contributed by atoms with Crippen molar-refractivity contribution >= 4 is 11.3 Å². The van der Waals surface area contributed by atoms with Crippen molar-refractivity contribution in [1.29, 1.82) is 0 Å². The highest BCUT2D eigenvalue weighted by atomic mass is 32.1. The first kappa shape index (κ1) is 12.0. The van der Waals surface area contributed by atoms with E-state index in [2.05, 4.69) is 23.9 Å². The molecule has 4 heteroatoms. The Labute approximate surface area is 102 Å². The fourth-order valence-corrected chi connectivity index (χ4v) is 3.24. The normalized spacial score (nSPS) is 21.2. The molecule has 2 N–H and O–H groups in total. The van der Waals surface area contributed by atoms with Crippen molar-refractivity contribution in [1.82, 2.24) is 9.88 Å². The average Bonchev–Trinajstić information content (AvgIpc) is 2.78. The molecule has 0 aliphatic carbocycles. The molecule has 3 nitrogen and oxygen atoms in total. The van der Waals surface area contributed by atoms with Crippen LogP contribution in [0.2, 0.25) is 0 Å². The smallest absolute Gasteiger partial charge is 0.0959 e. The fraction of sp³-hybridized carbons (Fsp3) is 0.750. The van der Waals surface area contributed by atoms with Crippen molar-refractivity contribution in [3.8, 4) is 0 Å². The molecule has 0 aromatic carbocycles. The summed E-state index contributed by atoms with van der Waals surface area (Å²) < 4.78 is 0. The van der Waals surface area contributed by atoms with Crippen LogP contribution in [0.4, 0.5) is 0 Å². The highest BCUT2D eigenvalue weighted by Crippen LogP contribution is 2.32. The first-order valence-electron chi connectivity index (χ1n) is 6.05. The van der Waals surface area contributed by atoms with Gasteiger partial charge in [-0.3, -0.25) is 0 Å². The molecule has 1 saturated heterocycles. The molecular formula is C12H21N3S. The lowest BCUT2D eigenvalue weighted by Crippen LogP contribution is -2.29. The third-order valence-corrected chi connectivity index (χ3v) is 4.84. The highest BCUT2D eigenvalue weighted by molar-refractivity contribution is 7.11. The number of nitrogens with zero attached hydrogens (tertiary/aromatic N) is 2. The van der Waals surface area contributed by atoms with Gasteiger partial charge in [-0.15, -0.1) is 11.3 Å². The fourth-order valence-electron chi connectivity index (χ4n) is 2.09. The molecule has 1 aromatic heterocycles. The number of piperidine rings is 1. The Bertz CT molecular complexity index is 329. The predicted octanol–water partition coefficient (Wildman–Crippen LogP) is 2.01. The van der Waals surface area contributed by atoms with Gasteiger partial charge in [0.05, 0.1) is 5.01 Å². The standard InChI is InChI=1S/C12H21N3S/c1-9(7-13)11-8-14-12(16-11)10-3-5-15(2)6-4-10/h8-10H,3-7,13H2,1-2H3. The van der Waals surface area contributed by atoms with Crippen molar-refractivity contribution in [3.05, 3.63) is 16.1 Å². The van der Waals surface area contributed by atoms with Crippen LogP contribution in [0.25, 0.3) is 0 Å². The number of nitrogens with two attached hydrogens (primary N) is 1. The lowest BCUT2D eigenvalue weighted by Gasteiger charge is -2.27. The lowest BCUT2D eigenvalue weighted by molar-refractivity contribution is 0.255. The molecule has 1 unspecified atom stereocenters. The summed E-state index contributed by atoms with van der Waals surface area (Å²) in [6.07, 6.45) is 4.52. The van der Waals surface area contributed by atoms with Crippen LogP contribution in [0.1, 0.15) is 41.5 Å².